The molecule has 4 N–H and O–H groups in total. The van der Waals surface area contributed by atoms with Crippen LogP contribution >= 0.6 is 11.8 Å². The van der Waals surface area contributed by atoms with Crippen LogP contribution in [0.25, 0.3) is 18.2 Å². The Labute approximate surface area is 261 Å². The van der Waals surface area contributed by atoms with Gasteiger partial charge in [0.25, 0.3) is 0 Å². The molecule has 6 heteroatoms. The molecule has 3 aromatic carbocycles. The zero-order chi connectivity index (χ0) is 33.0. The first-order chi connectivity index (χ1) is 20.0. The third-order valence-corrected chi connectivity index (χ3v) is 8.26. The summed E-state index contributed by atoms with van der Waals surface area (Å²) in [6, 6.07) is 13.2. The first kappa shape index (κ1) is 40.7. The van der Waals surface area contributed by atoms with Crippen molar-refractivity contribution >= 4 is 57.3 Å². The Balaban J connectivity index is 0. The number of allylic oxidation sites excluding steroid dienone is 1. The summed E-state index contributed by atoms with van der Waals surface area (Å²) < 4.78 is 11.5. The van der Waals surface area contributed by atoms with Gasteiger partial charge in [0.05, 0.1) is 5.69 Å². The summed E-state index contributed by atoms with van der Waals surface area (Å²) in [5, 5.41) is 16.4. The van der Waals surface area contributed by atoms with E-state index in [2.05, 4.69) is 45.0 Å². The van der Waals surface area contributed by atoms with Gasteiger partial charge in [0.15, 0.2) is 0 Å². The molecular formula is C36H52N2O2S2. The molecule has 0 amide bonds. The van der Waals surface area contributed by atoms with E-state index < -0.39 is 9.52 Å². The second-order valence-corrected chi connectivity index (χ2v) is 11.9. The maximum absolute atomic E-state index is 11.5. The molecule has 0 heterocycles. The SMILES string of the molecule is C=Cc1c(C)cc(Sc2cccc(/C=C\C=N)c2C)c(N)c1C=C.C=S(C)(=O)c1cccc(O)c1C.CC.CC.CC. The normalized spacial score (nSPS) is 11.0. The van der Waals surface area contributed by atoms with E-state index in [0.717, 1.165) is 37.7 Å². The zero-order valence-electron chi connectivity index (χ0n) is 27.3. The number of nitrogens with two attached hydrogens (primary N) is 1. The number of nitrogens with one attached hydrogen (secondary N) is 1. The lowest BCUT2D eigenvalue weighted by atomic mass is 10.00. The Kier molecular flexibility index (Phi) is 20.6. The lowest BCUT2D eigenvalue weighted by molar-refractivity contribution is 0.469. The fourth-order valence-corrected chi connectivity index (χ4v) is 5.91. The lowest BCUT2D eigenvalue weighted by Gasteiger charge is -2.15. The summed E-state index contributed by atoms with van der Waals surface area (Å²) in [6.45, 7) is 25.6. The van der Waals surface area contributed by atoms with Gasteiger partial charge in [0.2, 0.25) is 0 Å². The molecule has 0 aliphatic rings. The van der Waals surface area contributed by atoms with Gasteiger partial charge >= 0.3 is 0 Å². The molecule has 0 bridgehead atoms. The average molecular weight is 609 g/mol. The number of phenolic OH excluding ortho intramolecular Hbond substituents is 1. The van der Waals surface area contributed by atoms with Gasteiger partial charge in [-0.1, -0.05) is 103 Å². The van der Waals surface area contributed by atoms with Crippen LogP contribution in [0.5, 0.6) is 5.75 Å². The molecule has 0 saturated heterocycles. The van der Waals surface area contributed by atoms with Crippen molar-refractivity contribution in [3.05, 3.63) is 95.1 Å². The summed E-state index contributed by atoms with van der Waals surface area (Å²) in [4.78, 5) is 2.79. The number of benzene rings is 3. The Bertz CT molecular complexity index is 1440. The van der Waals surface area contributed by atoms with E-state index in [-0.39, 0.29) is 5.75 Å². The number of phenols is 1. The second-order valence-electron chi connectivity index (χ2n) is 8.34. The number of rotatable bonds is 7. The molecule has 42 heavy (non-hydrogen) atoms. The predicted octanol–water partition coefficient (Wildman–Crippen LogP) is 10.5. The highest BCUT2D eigenvalue weighted by Gasteiger charge is 2.13. The van der Waals surface area contributed by atoms with E-state index >= 15 is 0 Å². The quantitative estimate of drug-likeness (QED) is 0.141. The maximum Gasteiger partial charge on any atom is 0.119 e. The van der Waals surface area contributed by atoms with Crippen molar-refractivity contribution in [3.8, 4) is 5.75 Å². The van der Waals surface area contributed by atoms with Crippen LogP contribution in [0, 0.1) is 26.2 Å². The molecule has 0 aromatic heterocycles. The second kappa shape index (κ2) is 21.3. The minimum absolute atomic E-state index is 0.172. The van der Waals surface area contributed by atoms with E-state index in [9.17, 15) is 9.32 Å². The minimum Gasteiger partial charge on any atom is -0.508 e. The first-order valence-electron chi connectivity index (χ1n) is 14.2. The third-order valence-electron chi connectivity index (χ3n) is 5.67. The predicted molar refractivity (Wildman–Crippen MR) is 195 cm³/mol. The van der Waals surface area contributed by atoms with Gasteiger partial charge in [-0.05, 0) is 88.8 Å². The van der Waals surface area contributed by atoms with Crippen LogP contribution in [-0.2, 0) is 9.52 Å². The number of aryl methyl sites for hydroxylation is 1. The fraction of sp³-hybridized carbons (Fsp3) is 0.278. The summed E-state index contributed by atoms with van der Waals surface area (Å²) in [7, 11) is -2.22. The Morgan fingerprint density at radius 1 is 0.881 bits per heavy atom. The van der Waals surface area contributed by atoms with E-state index in [4.69, 9.17) is 11.1 Å². The first-order valence-corrected chi connectivity index (χ1v) is 17.1. The number of hydrogen-bond donors (Lipinski definition) is 3. The molecule has 4 nitrogen and oxygen atoms in total. The topological polar surface area (TPSA) is 87.2 Å². The summed E-state index contributed by atoms with van der Waals surface area (Å²) >= 11 is 1.65. The summed E-state index contributed by atoms with van der Waals surface area (Å²) in [5.74, 6) is 3.73. The number of aromatic hydroxyl groups is 1. The van der Waals surface area contributed by atoms with Gasteiger partial charge in [0.1, 0.15) is 5.75 Å². The summed E-state index contributed by atoms with van der Waals surface area (Å²) in [5.41, 5.74) is 13.1. The van der Waals surface area contributed by atoms with E-state index in [1.54, 1.807) is 55.3 Å². The standard InChI is InChI=1S/C21H22N2S.C9H12O2S.3C2H6/c1-5-17-14(3)13-20(21(23)18(17)6-2)24-19-11-7-9-16(15(19)4)10-8-12-22;1-7-8(10)5-4-6-9(7)12(2,3)11;3*1-2/h5-13,22H,1-2,23H2,3-4H3;4-6,10H,2H2,1,3H3;3*1-2H3/b10-8-,22-12?;;;;. The molecule has 1 atom stereocenters. The van der Waals surface area contributed by atoms with Gasteiger partial charge in [-0.2, -0.15) is 0 Å². The van der Waals surface area contributed by atoms with Crippen molar-refractivity contribution in [1.82, 2.24) is 0 Å². The molecule has 0 aliphatic carbocycles. The monoisotopic (exact) mass is 608 g/mol. The van der Waals surface area contributed by atoms with Gasteiger partial charge < -0.3 is 16.2 Å². The zero-order valence-corrected chi connectivity index (χ0v) is 28.9. The largest absolute Gasteiger partial charge is 0.508 e. The third kappa shape index (κ3) is 11.8. The van der Waals surface area contributed by atoms with E-state index in [0.29, 0.717) is 10.5 Å². The molecule has 3 rings (SSSR count). The van der Waals surface area contributed by atoms with E-state index in [1.807, 2.05) is 65.8 Å². The van der Waals surface area contributed by atoms with Crippen LogP contribution in [0.1, 0.15) is 74.9 Å². The van der Waals surface area contributed by atoms with Crippen LogP contribution in [0.15, 0.2) is 76.4 Å². The molecule has 230 valence electrons. The van der Waals surface area contributed by atoms with Gasteiger partial charge in [-0.3, -0.25) is 4.21 Å². The van der Waals surface area contributed by atoms with Crippen molar-refractivity contribution < 1.29 is 9.32 Å². The van der Waals surface area contributed by atoms with Crippen LogP contribution < -0.4 is 5.73 Å². The molecule has 0 spiro atoms. The highest BCUT2D eigenvalue weighted by atomic mass is 32.2. The Hall–Kier alpha value is -3.48. The Morgan fingerprint density at radius 2 is 1.43 bits per heavy atom. The molecule has 0 radical (unpaired) electrons. The lowest BCUT2D eigenvalue weighted by Crippen LogP contribution is -1.99. The van der Waals surface area contributed by atoms with Crippen LogP contribution in [0.2, 0.25) is 0 Å². The molecule has 3 aromatic rings. The maximum atomic E-state index is 11.5. The number of nitrogen functional groups attached to an aromatic ring is 1. The van der Waals surface area contributed by atoms with Gasteiger partial charge in [-0.15, -0.1) is 0 Å². The molecule has 1 unspecified atom stereocenters. The van der Waals surface area contributed by atoms with Crippen molar-refractivity contribution in [2.75, 3.05) is 12.0 Å². The van der Waals surface area contributed by atoms with Crippen LogP contribution in [0.4, 0.5) is 5.69 Å². The fourth-order valence-electron chi connectivity index (χ4n) is 3.68. The van der Waals surface area contributed by atoms with Crippen molar-refractivity contribution in [1.29, 1.82) is 5.41 Å². The molecule has 0 aliphatic heterocycles. The van der Waals surface area contributed by atoms with Crippen molar-refractivity contribution in [2.45, 2.75) is 77.0 Å². The Morgan fingerprint density at radius 3 is 1.90 bits per heavy atom. The smallest absolute Gasteiger partial charge is 0.119 e. The summed E-state index contributed by atoms with van der Waals surface area (Å²) in [6.07, 6.45) is 10.1. The highest BCUT2D eigenvalue weighted by molar-refractivity contribution is 8.00. The number of hydrogen-bond acceptors (Lipinski definition) is 5. The van der Waals surface area contributed by atoms with Crippen LogP contribution in [0.3, 0.4) is 0 Å². The molecule has 0 saturated carbocycles. The van der Waals surface area contributed by atoms with Gasteiger partial charge in [-0.25, -0.2) is 0 Å². The van der Waals surface area contributed by atoms with Crippen molar-refractivity contribution in [3.63, 3.8) is 0 Å². The molecular weight excluding hydrogens is 557 g/mol. The van der Waals surface area contributed by atoms with E-state index in [1.165, 1.54) is 11.8 Å². The average Bonchev–Trinajstić information content (AvgIpc) is 2.99. The molecule has 0 fully saturated rings. The van der Waals surface area contributed by atoms with Crippen molar-refractivity contribution in [2.24, 2.45) is 0 Å². The number of anilines is 1. The van der Waals surface area contributed by atoms with Crippen LogP contribution in [-0.4, -0.2) is 27.7 Å². The van der Waals surface area contributed by atoms with Gasteiger partial charge in [0, 0.05) is 38.3 Å². The highest BCUT2D eigenvalue weighted by Crippen LogP contribution is 2.39. The minimum atomic E-state index is -2.22.